The van der Waals surface area contributed by atoms with E-state index in [1.165, 1.54) is 4.90 Å². The molecule has 1 fully saturated rings. The molecule has 0 spiro atoms. The number of benzene rings is 1. The number of hydrogen-bond donors (Lipinski definition) is 0. The van der Waals surface area contributed by atoms with Gasteiger partial charge in [-0.25, -0.2) is 0 Å². The van der Waals surface area contributed by atoms with E-state index < -0.39 is 12.7 Å². The molecule has 1 aromatic carbocycles. The maximum Gasteiger partial charge on any atom is 0.401 e. The summed E-state index contributed by atoms with van der Waals surface area (Å²) in [6.45, 7) is 0.319. The van der Waals surface area contributed by atoms with Crippen LogP contribution in [-0.2, 0) is 18.3 Å². The Labute approximate surface area is 138 Å². The van der Waals surface area contributed by atoms with Gasteiger partial charge in [0.2, 0.25) is 5.91 Å². The summed E-state index contributed by atoms with van der Waals surface area (Å²) in [6.07, 6.45) is -1.96. The highest BCUT2D eigenvalue weighted by Crippen LogP contribution is 2.22. The Morgan fingerprint density at radius 2 is 1.79 bits per heavy atom. The monoisotopic (exact) mass is 339 g/mol. The summed E-state index contributed by atoms with van der Waals surface area (Å²) in [5, 5.41) is 1.05. The lowest BCUT2D eigenvalue weighted by molar-refractivity contribution is -0.151. The SMILES string of the molecule is Cn1cc(CC(=O)N2CCN(CC(F)(F)F)CC2)c2ccccc21. The number of carbonyl (C=O) groups excluding carboxylic acids is 1. The molecule has 0 saturated carbocycles. The van der Waals surface area contributed by atoms with E-state index in [1.807, 2.05) is 42.1 Å². The van der Waals surface area contributed by atoms with E-state index in [1.54, 1.807) is 4.90 Å². The van der Waals surface area contributed by atoms with Gasteiger partial charge in [-0.1, -0.05) is 18.2 Å². The van der Waals surface area contributed by atoms with Crippen molar-refractivity contribution in [2.75, 3.05) is 32.7 Å². The molecule has 3 rings (SSSR count). The topological polar surface area (TPSA) is 28.5 Å². The number of amides is 1. The molecule has 0 aliphatic carbocycles. The van der Waals surface area contributed by atoms with Crippen LogP contribution in [-0.4, -0.2) is 59.2 Å². The van der Waals surface area contributed by atoms with Crippen molar-refractivity contribution in [2.45, 2.75) is 12.6 Å². The molecule has 4 nitrogen and oxygen atoms in total. The average molecular weight is 339 g/mol. The maximum atomic E-state index is 12.5. The van der Waals surface area contributed by atoms with Crippen molar-refractivity contribution in [1.82, 2.24) is 14.4 Å². The van der Waals surface area contributed by atoms with Gasteiger partial charge in [0.05, 0.1) is 13.0 Å². The molecule has 0 atom stereocenters. The van der Waals surface area contributed by atoms with E-state index in [9.17, 15) is 18.0 Å². The summed E-state index contributed by atoms with van der Waals surface area (Å²) < 4.78 is 39.2. The first-order chi connectivity index (χ1) is 11.3. The lowest BCUT2D eigenvalue weighted by atomic mass is 10.1. The Kier molecular flexibility index (Phi) is 4.54. The van der Waals surface area contributed by atoms with Gasteiger partial charge in [0.15, 0.2) is 0 Å². The number of aryl methyl sites for hydroxylation is 1. The number of aromatic nitrogens is 1. The highest BCUT2D eigenvalue weighted by atomic mass is 19.4. The Bertz CT molecular complexity index is 730. The highest BCUT2D eigenvalue weighted by Gasteiger charge is 2.32. The second-order valence-electron chi connectivity index (χ2n) is 6.23. The fourth-order valence-corrected chi connectivity index (χ4v) is 3.25. The summed E-state index contributed by atoms with van der Waals surface area (Å²) in [5.41, 5.74) is 2.02. The Morgan fingerprint density at radius 3 is 2.46 bits per heavy atom. The first-order valence-electron chi connectivity index (χ1n) is 7.93. The molecule has 0 radical (unpaired) electrons. The first kappa shape index (κ1) is 16.8. The minimum atomic E-state index is -4.19. The molecule has 1 saturated heterocycles. The van der Waals surface area contributed by atoms with Crippen LogP contribution < -0.4 is 0 Å². The predicted octanol–water partition coefficient (Wildman–Crippen LogP) is 2.43. The van der Waals surface area contributed by atoms with Crippen molar-refractivity contribution in [2.24, 2.45) is 7.05 Å². The summed E-state index contributed by atoms with van der Waals surface area (Å²) in [6, 6.07) is 7.87. The Hall–Kier alpha value is -2.02. The second kappa shape index (κ2) is 6.47. The lowest BCUT2D eigenvalue weighted by Gasteiger charge is -2.35. The van der Waals surface area contributed by atoms with Gasteiger partial charge in [0, 0.05) is 50.3 Å². The highest BCUT2D eigenvalue weighted by molar-refractivity contribution is 5.89. The van der Waals surface area contributed by atoms with Crippen LogP contribution in [0.1, 0.15) is 5.56 Å². The first-order valence-corrected chi connectivity index (χ1v) is 7.93. The van der Waals surface area contributed by atoms with Crippen molar-refractivity contribution in [3.05, 3.63) is 36.0 Å². The normalized spacial score (nSPS) is 16.8. The number of rotatable bonds is 3. The number of para-hydroxylation sites is 1. The molecule has 1 aliphatic heterocycles. The van der Waals surface area contributed by atoms with Crippen LogP contribution in [0.25, 0.3) is 10.9 Å². The van der Waals surface area contributed by atoms with Gasteiger partial charge < -0.3 is 9.47 Å². The van der Waals surface area contributed by atoms with E-state index in [2.05, 4.69) is 0 Å². The number of nitrogens with zero attached hydrogens (tertiary/aromatic N) is 3. The largest absolute Gasteiger partial charge is 0.401 e. The fraction of sp³-hybridized carbons (Fsp3) is 0.471. The number of piperazine rings is 1. The van der Waals surface area contributed by atoms with Gasteiger partial charge in [-0.2, -0.15) is 13.2 Å². The van der Waals surface area contributed by atoms with Crippen LogP contribution in [0.4, 0.5) is 13.2 Å². The van der Waals surface area contributed by atoms with E-state index in [0.717, 1.165) is 16.5 Å². The molecule has 24 heavy (non-hydrogen) atoms. The van der Waals surface area contributed by atoms with Crippen LogP contribution in [0.15, 0.2) is 30.5 Å². The number of halogens is 3. The zero-order chi connectivity index (χ0) is 17.3. The third-order valence-corrected chi connectivity index (χ3v) is 4.45. The van der Waals surface area contributed by atoms with E-state index in [-0.39, 0.29) is 25.4 Å². The quantitative estimate of drug-likeness (QED) is 0.859. The number of hydrogen-bond acceptors (Lipinski definition) is 2. The summed E-state index contributed by atoms with van der Waals surface area (Å²) in [4.78, 5) is 15.5. The molecule has 0 unspecified atom stereocenters. The van der Waals surface area contributed by atoms with E-state index in [4.69, 9.17) is 0 Å². The fourth-order valence-electron chi connectivity index (χ4n) is 3.25. The molecular weight excluding hydrogens is 319 g/mol. The number of alkyl halides is 3. The van der Waals surface area contributed by atoms with Gasteiger partial charge in [0.25, 0.3) is 0 Å². The summed E-state index contributed by atoms with van der Waals surface area (Å²) >= 11 is 0. The van der Waals surface area contributed by atoms with Gasteiger partial charge in [-0.15, -0.1) is 0 Å². The third kappa shape index (κ3) is 3.72. The second-order valence-corrected chi connectivity index (χ2v) is 6.23. The lowest BCUT2D eigenvalue weighted by Crippen LogP contribution is -2.51. The molecule has 0 bridgehead atoms. The van der Waals surface area contributed by atoms with Crippen molar-refractivity contribution < 1.29 is 18.0 Å². The molecule has 1 aliphatic rings. The predicted molar refractivity (Wildman–Crippen MR) is 85.7 cm³/mol. The van der Waals surface area contributed by atoms with Crippen molar-refractivity contribution >= 4 is 16.8 Å². The van der Waals surface area contributed by atoms with Gasteiger partial charge >= 0.3 is 6.18 Å². The number of fused-ring (bicyclic) bond motifs is 1. The summed E-state index contributed by atoms with van der Waals surface area (Å²) in [7, 11) is 1.94. The third-order valence-electron chi connectivity index (χ3n) is 4.45. The Morgan fingerprint density at radius 1 is 1.12 bits per heavy atom. The van der Waals surface area contributed by atoms with Crippen molar-refractivity contribution in [1.29, 1.82) is 0 Å². The molecule has 2 aromatic rings. The zero-order valence-electron chi connectivity index (χ0n) is 13.5. The van der Waals surface area contributed by atoms with Crippen LogP contribution >= 0.6 is 0 Å². The molecule has 1 amide bonds. The smallest absolute Gasteiger partial charge is 0.350 e. The van der Waals surface area contributed by atoms with Crippen LogP contribution in [0.5, 0.6) is 0 Å². The zero-order valence-corrected chi connectivity index (χ0v) is 13.5. The van der Waals surface area contributed by atoms with Gasteiger partial charge in [-0.3, -0.25) is 9.69 Å². The molecule has 2 heterocycles. The van der Waals surface area contributed by atoms with E-state index >= 15 is 0 Å². The standard InChI is InChI=1S/C17H20F3N3O/c1-21-11-13(14-4-2-3-5-15(14)21)10-16(24)23-8-6-22(7-9-23)12-17(18,19)20/h2-5,11H,6-10,12H2,1H3. The maximum absolute atomic E-state index is 12.5. The average Bonchev–Trinajstić information content (AvgIpc) is 2.83. The van der Waals surface area contributed by atoms with Crippen LogP contribution in [0.2, 0.25) is 0 Å². The van der Waals surface area contributed by atoms with E-state index in [0.29, 0.717) is 13.1 Å². The van der Waals surface area contributed by atoms with Crippen LogP contribution in [0.3, 0.4) is 0 Å². The minimum Gasteiger partial charge on any atom is -0.350 e. The summed E-state index contributed by atoms with van der Waals surface area (Å²) in [5.74, 6) is -0.0296. The van der Waals surface area contributed by atoms with Gasteiger partial charge in [-0.05, 0) is 11.6 Å². The van der Waals surface area contributed by atoms with Gasteiger partial charge in [0.1, 0.15) is 0 Å². The molecule has 7 heteroatoms. The molecule has 1 aromatic heterocycles. The Balaban J connectivity index is 1.62. The van der Waals surface area contributed by atoms with Crippen molar-refractivity contribution in [3.8, 4) is 0 Å². The molecule has 130 valence electrons. The number of carbonyl (C=O) groups is 1. The minimum absolute atomic E-state index is 0.0296. The molecular formula is C17H20F3N3O. The van der Waals surface area contributed by atoms with Crippen LogP contribution in [0, 0.1) is 0 Å². The van der Waals surface area contributed by atoms with Crippen molar-refractivity contribution in [3.63, 3.8) is 0 Å². The molecule has 0 N–H and O–H groups in total.